The second-order valence-corrected chi connectivity index (χ2v) is 4.93. The average Bonchev–Trinajstić information content (AvgIpc) is 2.47. The van der Waals surface area contributed by atoms with Crippen molar-refractivity contribution < 1.29 is 4.92 Å². The normalized spacial score (nSPS) is 12.3. The molecule has 0 bridgehead atoms. The lowest BCUT2D eigenvalue weighted by atomic mass is 10.1. The zero-order valence-electron chi connectivity index (χ0n) is 11.7. The SMILES string of the molecule is CC(c1cccc([N+](=O)[O-])c1)N(C)Cc1ccccc1. The Hall–Kier alpha value is -2.20. The summed E-state index contributed by atoms with van der Waals surface area (Å²) in [7, 11) is 2.02. The van der Waals surface area contributed by atoms with E-state index in [4.69, 9.17) is 0 Å². The average molecular weight is 270 g/mol. The van der Waals surface area contributed by atoms with Crippen LogP contribution in [0.5, 0.6) is 0 Å². The van der Waals surface area contributed by atoms with Crippen molar-refractivity contribution in [3.05, 3.63) is 75.8 Å². The van der Waals surface area contributed by atoms with Crippen LogP contribution in [0.15, 0.2) is 54.6 Å². The van der Waals surface area contributed by atoms with E-state index in [1.54, 1.807) is 12.1 Å². The molecule has 2 aromatic carbocycles. The Balaban J connectivity index is 2.12. The molecule has 20 heavy (non-hydrogen) atoms. The first-order valence-electron chi connectivity index (χ1n) is 6.56. The number of nitro benzene ring substituents is 1. The van der Waals surface area contributed by atoms with E-state index in [1.807, 2.05) is 31.3 Å². The first-order chi connectivity index (χ1) is 9.58. The van der Waals surface area contributed by atoms with Gasteiger partial charge >= 0.3 is 0 Å². The Morgan fingerprint density at radius 1 is 1.15 bits per heavy atom. The fourth-order valence-corrected chi connectivity index (χ4v) is 2.16. The number of benzene rings is 2. The fraction of sp³-hybridized carbons (Fsp3) is 0.250. The third-order valence-electron chi connectivity index (χ3n) is 3.50. The van der Waals surface area contributed by atoms with Crippen LogP contribution in [-0.2, 0) is 6.54 Å². The first-order valence-corrected chi connectivity index (χ1v) is 6.56. The molecule has 0 aliphatic heterocycles. The highest BCUT2D eigenvalue weighted by molar-refractivity contribution is 5.35. The highest BCUT2D eigenvalue weighted by Gasteiger charge is 2.15. The van der Waals surface area contributed by atoms with Crippen molar-refractivity contribution in [1.29, 1.82) is 0 Å². The summed E-state index contributed by atoms with van der Waals surface area (Å²) in [5.41, 5.74) is 2.33. The summed E-state index contributed by atoms with van der Waals surface area (Å²) < 4.78 is 0. The number of non-ortho nitro benzene ring substituents is 1. The van der Waals surface area contributed by atoms with E-state index >= 15 is 0 Å². The minimum atomic E-state index is -0.354. The summed E-state index contributed by atoms with van der Waals surface area (Å²) in [6, 6.07) is 17.1. The van der Waals surface area contributed by atoms with Gasteiger partial charge in [0.2, 0.25) is 0 Å². The largest absolute Gasteiger partial charge is 0.295 e. The molecule has 0 aromatic heterocycles. The van der Waals surface area contributed by atoms with Crippen LogP contribution in [0.3, 0.4) is 0 Å². The van der Waals surface area contributed by atoms with Gasteiger partial charge in [-0.2, -0.15) is 0 Å². The van der Waals surface area contributed by atoms with Crippen LogP contribution < -0.4 is 0 Å². The van der Waals surface area contributed by atoms with Crippen LogP contribution in [-0.4, -0.2) is 16.9 Å². The summed E-state index contributed by atoms with van der Waals surface area (Å²) in [4.78, 5) is 12.6. The Morgan fingerprint density at radius 3 is 2.50 bits per heavy atom. The molecule has 1 unspecified atom stereocenters. The van der Waals surface area contributed by atoms with Crippen LogP contribution in [0.4, 0.5) is 5.69 Å². The zero-order valence-corrected chi connectivity index (χ0v) is 11.7. The fourth-order valence-electron chi connectivity index (χ4n) is 2.16. The van der Waals surface area contributed by atoms with Crippen molar-refractivity contribution in [3.8, 4) is 0 Å². The molecule has 1 atom stereocenters. The lowest BCUT2D eigenvalue weighted by molar-refractivity contribution is -0.384. The van der Waals surface area contributed by atoms with Crippen LogP contribution in [0.2, 0.25) is 0 Å². The van der Waals surface area contributed by atoms with E-state index < -0.39 is 0 Å². The molecule has 2 rings (SSSR count). The van der Waals surface area contributed by atoms with Crippen LogP contribution >= 0.6 is 0 Å². The molecule has 0 N–H and O–H groups in total. The van der Waals surface area contributed by atoms with Crippen molar-refractivity contribution in [2.45, 2.75) is 19.5 Å². The lowest BCUT2D eigenvalue weighted by Gasteiger charge is -2.25. The van der Waals surface area contributed by atoms with Gasteiger partial charge in [-0.05, 0) is 25.1 Å². The third-order valence-corrected chi connectivity index (χ3v) is 3.50. The van der Waals surface area contributed by atoms with E-state index in [2.05, 4.69) is 24.0 Å². The van der Waals surface area contributed by atoms with Crippen molar-refractivity contribution in [2.75, 3.05) is 7.05 Å². The maximum atomic E-state index is 10.8. The Bertz CT molecular complexity index is 584. The highest BCUT2D eigenvalue weighted by Crippen LogP contribution is 2.24. The molecule has 0 amide bonds. The summed E-state index contributed by atoms with van der Waals surface area (Å²) >= 11 is 0. The van der Waals surface area contributed by atoms with Gasteiger partial charge in [-0.25, -0.2) is 0 Å². The minimum absolute atomic E-state index is 0.120. The van der Waals surface area contributed by atoms with Gasteiger partial charge in [0.05, 0.1) is 4.92 Å². The predicted octanol–water partition coefficient (Wildman–Crippen LogP) is 3.79. The van der Waals surface area contributed by atoms with Gasteiger partial charge in [-0.1, -0.05) is 42.5 Å². The summed E-state index contributed by atoms with van der Waals surface area (Å²) in [6.45, 7) is 2.87. The van der Waals surface area contributed by atoms with Crippen LogP contribution in [0.25, 0.3) is 0 Å². The Kier molecular flexibility index (Phi) is 4.48. The molecule has 0 heterocycles. The molecule has 0 saturated heterocycles. The van der Waals surface area contributed by atoms with Gasteiger partial charge in [0.25, 0.3) is 5.69 Å². The van der Waals surface area contributed by atoms with Crippen LogP contribution in [0, 0.1) is 10.1 Å². The van der Waals surface area contributed by atoms with Gasteiger partial charge in [0.1, 0.15) is 0 Å². The van der Waals surface area contributed by atoms with Crippen molar-refractivity contribution in [2.24, 2.45) is 0 Å². The molecular formula is C16H18N2O2. The maximum absolute atomic E-state index is 10.8. The molecule has 4 heteroatoms. The summed E-state index contributed by atoms with van der Waals surface area (Å²) in [5.74, 6) is 0. The lowest BCUT2D eigenvalue weighted by Crippen LogP contribution is -2.21. The number of hydrogen-bond acceptors (Lipinski definition) is 3. The van der Waals surface area contributed by atoms with E-state index in [-0.39, 0.29) is 16.7 Å². The first kappa shape index (κ1) is 14.2. The number of rotatable bonds is 5. The molecule has 0 aliphatic carbocycles. The standard InChI is InChI=1S/C16H18N2O2/c1-13(15-9-6-10-16(11-15)18(19)20)17(2)12-14-7-4-3-5-8-14/h3-11,13H,12H2,1-2H3. The quantitative estimate of drug-likeness (QED) is 0.613. The maximum Gasteiger partial charge on any atom is 0.269 e. The number of nitrogens with zero attached hydrogens (tertiary/aromatic N) is 2. The molecule has 2 aromatic rings. The number of hydrogen-bond donors (Lipinski definition) is 0. The van der Waals surface area contributed by atoms with Crippen molar-refractivity contribution in [3.63, 3.8) is 0 Å². The zero-order chi connectivity index (χ0) is 14.5. The molecule has 4 nitrogen and oxygen atoms in total. The van der Waals surface area contributed by atoms with E-state index in [0.717, 1.165) is 12.1 Å². The summed E-state index contributed by atoms with van der Waals surface area (Å²) in [5, 5.41) is 10.8. The van der Waals surface area contributed by atoms with E-state index in [0.29, 0.717) is 0 Å². The van der Waals surface area contributed by atoms with Gasteiger partial charge in [0.15, 0.2) is 0 Å². The molecule has 0 saturated carbocycles. The molecule has 0 fully saturated rings. The van der Waals surface area contributed by atoms with Crippen LogP contribution in [0.1, 0.15) is 24.1 Å². The molecule has 0 radical (unpaired) electrons. The molecule has 104 valence electrons. The second-order valence-electron chi connectivity index (χ2n) is 4.93. The van der Waals surface area contributed by atoms with Crippen molar-refractivity contribution in [1.82, 2.24) is 4.90 Å². The summed E-state index contributed by atoms with van der Waals surface area (Å²) in [6.07, 6.45) is 0. The number of nitro groups is 1. The van der Waals surface area contributed by atoms with Gasteiger partial charge in [-0.15, -0.1) is 0 Å². The van der Waals surface area contributed by atoms with Gasteiger partial charge in [0, 0.05) is 24.7 Å². The highest BCUT2D eigenvalue weighted by atomic mass is 16.6. The van der Waals surface area contributed by atoms with Gasteiger partial charge in [-0.3, -0.25) is 15.0 Å². The van der Waals surface area contributed by atoms with Crippen molar-refractivity contribution >= 4 is 5.69 Å². The Labute approximate surface area is 118 Å². The minimum Gasteiger partial charge on any atom is -0.295 e. The van der Waals surface area contributed by atoms with E-state index in [1.165, 1.54) is 11.6 Å². The second kappa shape index (κ2) is 6.30. The smallest absolute Gasteiger partial charge is 0.269 e. The van der Waals surface area contributed by atoms with Gasteiger partial charge < -0.3 is 0 Å². The Morgan fingerprint density at radius 2 is 1.85 bits per heavy atom. The topological polar surface area (TPSA) is 46.4 Å². The predicted molar refractivity (Wildman–Crippen MR) is 79.4 cm³/mol. The molecule has 0 spiro atoms. The molecule has 0 aliphatic rings. The monoisotopic (exact) mass is 270 g/mol. The molecular weight excluding hydrogens is 252 g/mol. The third kappa shape index (κ3) is 3.42. The van der Waals surface area contributed by atoms with E-state index in [9.17, 15) is 10.1 Å².